The monoisotopic (exact) mass is 556 g/mol. The van der Waals surface area contributed by atoms with Crippen molar-refractivity contribution in [2.24, 2.45) is 0 Å². The molecule has 2 aromatic carbocycles. The highest BCUT2D eigenvalue weighted by Crippen LogP contribution is 2.36. The number of amides is 2. The van der Waals surface area contributed by atoms with E-state index in [1.54, 1.807) is 23.4 Å². The zero-order chi connectivity index (χ0) is 29.3. The van der Waals surface area contributed by atoms with Gasteiger partial charge in [0.25, 0.3) is 0 Å². The first-order chi connectivity index (χ1) is 20.2. The first-order valence-electron chi connectivity index (χ1n) is 13.8. The van der Waals surface area contributed by atoms with Gasteiger partial charge >= 0.3 is 6.03 Å². The summed E-state index contributed by atoms with van der Waals surface area (Å²) in [6.07, 6.45) is 9.04. The van der Waals surface area contributed by atoms with Crippen LogP contribution in [0.15, 0.2) is 97.8 Å². The van der Waals surface area contributed by atoms with Crippen LogP contribution in [-0.4, -0.2) is 35.3 Å². The van der Waals surface area contributed by atoms with Crippen molar-refractivity contribution in [3.8, 4) is 16.8 Å². The molecule has 0 radical (unpaired) electrons. The summed E-state index contributed by atoms with van der Waals surface area (Å²) >= 11 is 0. The zero-order valence-electron chi connectivity index (χ0n) is 24.0. The number of carbonyl (C=O) groups excluding carboxylic acids is 1. The normalized spacial score (nSPS) is 11.5. The van der Waals surface area contributed by atoms with Gasteiger partial charge < -0.3 is 9.88 Å². The van der Waals surface area contributed by atoms with Gasteiger partial charge in [0.15, 0.2) is 0 Å². The van der Waals surface area contributed by atoms with Crippen molar-refractivity contribution in [1.82, 2.24) is 29.3 Å². The van der Waals surface area contributed by atoms with E-state index < -0.39 is 0 Å². The molecule has 4 aromatic heterocycles. The molecule has 0 aliphatic carbocycles. The van der Waals surface area contributed by atoms with Gasteiger partial charge in [-0.25, -0.2) is 14.5 Å². The number of imidazole rings is 1. The Bertz CT molecular complexity index is 1850. The SMILES string of the molecule is Cc1ccc(-n2nc(C(C)(C)C)cc2NC(=O)Nc2ccc3ccccc3c2-c2ccc(Cn3ccnc3)nc2)cn1. The van der Waals surface area contributed by atoms with E-state index in [1.165, 1.54) is 0 Å². The van der Waals surface area contributed by atoms with Crippen molar-refractivity contribution in [2.45, 2.75) is 39.7 Å². The number of benzene rings is 2. The Hall–Kier alpha value is -5.31. The van der Waals surface area contributed by atoms with Gasteiger partial charge in [-0.1, -0.05) is 57.2 Å². The third-order valence-electron chi connectivity index (χ3n) is 7.05. The summed E-state index contributed by atoms with van der Waals surface area (Å²) in [5, 5.41) is 13.0. The molecule has 6 aromatic rings. The lowest BCUT2D eigenvalue weighted by atomic mass is 9.92. The first kappa shape index (κ1) is 26.9. The molecule has 0 unspecified atom stereocenters. The van der Waals surface area contributed by atoms with Crippen LogP contribution in [0.1, 0.15) is 37.9 Å². The number of carbonyl (C=O) groups is 1. The standard InChI is InChI=1S/C33H32N8O/c1-22-9-13-26(19-35-22)41-30(17-29(39-41)33(2,3)4)38-32(42)37-28-14-11-23-7-5-6-8-27(23)31(28)24-10-12-25(36-18-24)20-40-16-15-34-21-40/h5-19,21H,20H2,1-4H3,(H2,37,38,42). The van der Waals surface area contributed by atoms with Crippen LogP contribution in [0.25, 0.3) is 27.6 Å². The number of rotatable bonds is 6. The van der Waals surface area contributed by atoms with Crippen LogP contribution in [0, 0.1) is 6.92 Å². The van der Waals surface area contributed by atoms with Crippen molar-refractivity contribution in [3.05, 3.63) is 115 Å². The quantitative estimate of drug-likeness (QED) is 0.230. The lowest BCUT2D eigenvalue weighted by Gasteiger charge is -2.16. The van der Waals surface area contributed by atoms with Gasteiger partial charge in [-0.3, -0.25) is 15.3 Å². The van der Waals surface area contributed by atoms with E-state index in [1.807, 2.05) is 78.5 Å². The summed E-state index contributed by atoms with van der Waals surface area (Å²) in [6, 6.07) is 21.5. The Balaban J connectivity index is 1.33. The number of nitrogens with one attached hydrogen (secondary N) is 2. The van der Waals surface area contributed by atoms with Crippen molar-refractivity contribution in [2.75, 3.05) is 10.6 Å². The Labute approximate surface area is 244 Å². The molecule has 42 heavy (non-hydrogen) atoms. The predicted octanol–water partition coefficient (Wildman–Crippen LogP) is 6.98. The number of aryl methyl sites for hydroxylation is 1. The average Bonchev–Trinajstić information content (AvgIpc) is 3.64. The van der Waals surface area contributed by atoms with Crippen LogP contribution in [0.4, 0.5) is 16.3 Å². The van der Waals surface area contributed by atoms with E-state index in [0.29, 0.717) is 18.1 Å². The molecule has 0 aliphatic heterocycles. The van der Waals surface area contributed by atoms with Crippen molar-refractivity contribution >= 4 is 28.3 Å². The summed E-state index contributed by atoms with van der Waals surface area (Å²) in [4.78, 5) is 26.8. The smallest absolute Gasteiger partial charge is 0.324 e. The topological polar surface area (TPSA) is 103 Å². The summed E-state index contributed by atoms with van der Waals surface area (Å²) < 4.78 is 3.69. The van der Waals surface area contributed by atoms with Crippen LogP contribution < -0.4 is 10.6 Å². The molecule has 6 rings (SSSR count). The zero-order valence-corrected chi connectivity index (χ0v) is 24.0. The molecule has 210 valence electrons. The third kappa shape index (κ3) is 5.62. The molecule has 0 atom stereocenters. The number of aromatic nitrogens is 6. The van der Waals surface area contributed by atoms with Crippen LogP contribution in [0.3, 0.4) is 0 Å². The highest BCUT2D eigenvalue weighted by Gasteiger charge is 2.22. The van der Waals surface area contributed by atoms with Crippen LogP contribution >= 0.6 is 0 Å². The molecular weight excluding hydrogens is 524 g/mol. The number of hydrogen-bond donors (Lipinski definition) is 2. The molecule has 9 heteroatoms. The molecular formula is C33H32N8O. The summed E-state index contributed by atoms with van der Waals surface area (Å²) in [7, 11) is 0. The summed E-state index contributed by atoms with van der Waals surface area (Å²) in [6.45, 7) is 8.83. The van der Waals surface area contributed by atoms with E-state index in [4.69, 9.17) is 10.1 Å². The van der Waals surface area contributed by atoms with Crippen molar-refractivity contribution in [1.29, 1.82) is 0 Å². The minimum atomic E-state index is -0.377. The van der Waals surface area contributed by atoms with E-state index >= 15 is 0 Å². The lowest BCUT2D eigenvalue weighted by Crippen LogP contribution is -2.21. The van der Waals surface area contributed by atoms with Gasteiger partial charge in [-0.2, -0.15) is 5.10 Å². The predicted molar refractivity (Wildman–Crippen MR) is 166 cm³/mol. The van der Waals surface area contributed by atoms with Crippen LogP contribution in [0.5, 0.6) is 0 Å². The maximum atomic E-state index is 13.5. The van der Waals surface area contributed by atoms with Crippen LogP contribution in [-0.2, 0) is 12.0 Å². The molecule has 0 bridgehead atoms. The second kappa shape index (κ2) is 10.9. The van der Waals surface area contributed by atoms with E-state index in [2.05, 4.69) is 53.5 Å². The van der Waals surface area contributed by atoms with Gasteiger partial charge in [0.05, 0.1) is 41.8 Å². The molecule has 0 saturated heterocycles. The molecule has 0 fully saturated rings. The molecule has 2 amide bonds. The first-order valence-corrected chi connectivity index (χ1v) is 13.8. The molecule has 0 saturated carbocycles. The molecule has 9 nitrogen and oxygen atoms in total. The van der Waals surface area contributed by atoms with Gasteiger partial charge in [0.1, 0.15) is 5.82 Å². The van der Waals surface area contributed by atoms with Gasteiger partial charge in [0, 0.05) is 46.9 Å². The number of hydrogen-bond acceptors (Lipinski definition) is 5. The van der Waals surface area contributed by atoms with E-state index in [0.717, 1.165) is 44.7 Å². The fourth-order valence-electron chi connectivity index (χ4n) is 4.81. The average molecular weight is 557 g/mol. The lowest BCUT2D eigenvalue weighted by molar-refractivity contribution is 0.262. The number of urea groups is 1. The Morgan fingerprint density at radius 2 is 1.79 bits per heavy atom. The fraction of sp³-hybridized carbons (Fsp3) is 0.182. The van der Waals surface area contributed by atoms with Crippen LogP contribution in [0.2, 0.25) is 0 Å². The second-order valence-electron chi connectivity index (χ2n) is 11.3. The maximum Gasteiger partial charge on any atom is 0.324 e. The third-order valence-corrected chi connectivity index (χ3v) is 7.05. The van der Waals surface area contributed by atoms with E-state index in [-0.39, 0.29) is 11.4 Å². The number of anilines is 2. The highest BCUT2D eigenvalue weighted by molar-refractivity contribution is 6.08. The number of nitrogens with zero attached hydrogens (tertiary/aromatic N) is 6. The number of fused-ring (bicyclic) bond motifs is 1. The summed E-state index contributed by atoms with van der Waals surface area (Å²) in [5.74, 6) is 0.552. The summed E-state index contributed by atoms with van der Waals surface area (Å²) in [5.41, 5.74) is 5.71. The van der Waals surface area contributed by atoms with Gasteiger partial charge in [0.2, 0.25) is 0 Å². The van der Waals surface area contributed by atoms with Gasteiger partial charge in [-0.05, 0) is 42.0 Å². The Morgan fingerprint density at radius 1 is 0.929 bits per heavy atom. The van der Waals surface area contributed by atoms with Crippen molar-refractivity contribution in [3.63, 3.8) is 0 Å². The molecule has 2 N–H and O–H groups in total. The highest BCUT2D eigenvalue weighted by atomic mass is 16.2. The fourth-order valence-corrected chi connectivity index (χ4v) is 4.81. The minimum Gasteiger partial charge on any atom is -0.331 e. The second-order valence-corrected chi connectivity index (χ2v) is 11.3. The minimum absolute atomic E-state index is 0.210. The molecule has 0 spiro atoms. The van der Waals surface area contributed by atoms with Crippen molar-refractivity contribution < 1.29 is 4.79 Å². The van der Waals surface area contributed by atoms with Gasteiger partial charge in [-0.15, -0.1) is 0 Å². The Morgan fingerprint density at radius 3 is 2.50 bits per heavy atom. The molecule has 0 aliphatic rings. The number of pyridine rings is 2. The molecule has 4 heterocycles. The largest absolute Gasteiger partial charge is 0.331 e. The van der Waals surface area contributed by atoms with E-state index in [9.17, 15) is 4.79 Å². The maximum absolute atomic E-state index is 13.5. The Kier molecular flexibility index (Phi) is 7.00.